The maximum absolute atomic E-state index is 12.2. The topological polar surface area (TPSA) is 59.2 Å². The first-order chi connectivity index (χ1) is 8.49. The van der Waals surface area contributed by atoms with Crippen molar-refractivity contribution < 1.29 is 4.79 Å². The predicted octanol–water partition coefficient (Wildman–Crippen LogP) is 1.21. The van der Waals surface area contributed by atoms with Crippen molar-refractivity contribution in [2.75, 3.05) is 13.1 Å². The Bertz CT molecular complexity index is 416. The Morgan fingerprint density at radius 3 is 2.78 bits per heavy atom. The van der Waals surface area contributed by atoms with Gasteiger partial charge < -0.3 is 10.6 Å². The molecule has 0 saturated carbocycles. The number of piperidine rings is 1. The highest BCUT2D eigenvalue weighted by molar-refractivity contribution is 5.78. The fourth-order valence-corrected chi connectivity index (χ4v) is 2.37. The van der Waals surface area contributed by atoms with Gasteiger partial charge in [0.25, 0.3) is 0 Å². The van der Waals surface area contributed by atoms with Crippen molar-refractivity contribution in [1.29, 1.82) is 0 Å². The second-order valence-electron chi connectivity index (χ2n) is 5.73. The van der Waals surface area contributed by atoms with Crippen LogP contribution in [0.1, 0.15) is 25.8 Å². The van der Waals surface area contributed by atoms with Gasteiger partial charge >= 0.3 is 0 Å². The molecule has 98 valence electrons. The Kier molecular flexibility index (Phi) is 3.66. The summed E-state index contributed by atoms with van der Waals surface area (Å²) in [6.07, 6.45) is 4.78. The Labute approximate surface area is 108 Å². The quantitative estimate of drug-likeness (QED) is 0.854. The van der Waals surface area contributed by atoms with E-state index < -0.39 is 0 Å². The summed E-state index contributed by atoms with van der Waals surface area (Å²) in [5.74, 6) is 0.182. The molecular formula is C14H21N3O. The summed E-state index contributed by atoms with van der Waals surface area (Å²) >= 11 is 0. The van der Waals surface area contributed by atoms with Crippen molar-refractivity contribution >= 4 is 5.91 Å². The zero-order valence-electron chi connectivity index (χ0n) is 11.1. The van der Waals surface area contributed by atoms with Crippen LogP contribution in [0.4, 0.5) is 0 Å². The highest BCUT2D eigenvalue weighted by Gasteiger charge is 2.35. The molecule has 0 spiro atoms. The third-order valence-electron chi connectivity index (χ3n) is 3.77. The lowest BCUT2D eigenvalue weighted by atomic mass is 9.79. The first kappa shape index (κ1) is 13.0. The predicted molar refractivity (Wildman–Crippen MR) is 70.9 cm³/mol. The van der Waals surface area contributed by atoms with E-state index in [4.69, 9.17) is 5.73 Å². The number of likely N-dealkylation sites (tertiary alicyclic amines) is 1. The van der Waals surface area contributed by atoms with E-state index in [9.17, 15) is 4.79 Å². The lowest BCUT2D eigenvalue weighted by molar-refractivity contribution is -0.133. The highest BCUT2D eigenvalue weighted by atomic mass is 16.2. The Morgan fingerprint density at radius 2 is 2.17 bits per heavy atom. The lowest BCUT2D eigenvalue weighted by Gasteiger charge is -2.42. The van der Waals surface area contributed by atoms with E-state index in [2.05, 4.69) is 18.8 Å². The molecule has 2 N–H and O–H groups in total. The number of carbonyl (C=O) groups is 1. The van der Waals surface area contributed by atoms with Gasteiger partial charge in [-0.25, -0.2) is 0 Å². The fraction of sp³-hybridized carbons (Fsp3) is 0.571. The largest absolute Gasteiger partial charge is 0.342 e. The first-order valence-corrected chi connectivity index (χ1v) is 6.41. The summed E-state index contributed by atoms with van der Waals surface area (Å²) in [6.45, 7) is 5.78. The zero-order valence-corrected chi connectivity index (χ0v) is 11.1. The van der Waals surface area contributed by atoms with Crippen LogP contribution in [0.5, 0.6) is 0 Å². The molecule has 18 heavy (non-hydrogen) atoms. The van der Waals surface area contributed by atoms with E-state index in [0.717, 1.165) is 25.1 Å². The standard InChI is InChI=1S/C14H21N3O/c1-14(2)10-17(8-5-12(14)15)13(18)9-11-3-6-16-7-4-11/h3-4,6-7,12H,5,8-10,15H2,1-2H3. The molecule has 4 heteroatoms. The van der Waals surface area contributed by atoms with Crippen LogP contribution in [0, 0.1) is 5.41 Å². The summed E-state index contributed by atoms with van der Waals surface area (Å²) in [5.41, 5.74) is 7.10. The SMILES string of the molecule is CC1(C)CN(C(=O)Cc2ccncc2)CCC1N. The number of pyridine rings is 1. The molecule has 1 aliphatic heterocycles. The van der Waals surface area contributed by atoms with Gasteiger partial charge in [-0.1, -0.05) is 13.8 Å². The van der Waals surface area contributed by atoms with Crippen molar-refractivity contribution in [3.05, 3.63) is 30.1 Å². The maximum Gasteiger partial charge on any atom is 0.227 e. The number of amides is 1. The van der Waals surface area contributed by atoms with E-state index in [1.165, 1.54) is 0 Å². The minimum Gasteiger partial charge on any atom is -0.342 e. The molecule has 1 amide bonds. The van der Waals surface area contributed by atoms with Gasteiger partial charge in [0.2, 0.25) is 5.91 Å². The molecule has 1 aromatic heterocycles. The van der Waals surface area contributed by atoms with Gasteiger partial charge in [0, 0.05) is 31.5 Å². The Hall–Kier alpha value is -1.42. The number of aromatic nitrogens is 1. The molecule has 2 heterocycles. The molecule has 2 rings (SSSR count). The van der Waals surface area contributed by atoms with Crippen molar-refractivity contribution in [3.63, 3.8) is 0 Å². The molecule has 0 aromatic carbocycles. The second-order valence-corrected chi connectivity index (χ2v) is 5.73. The van der Waals surface area contributed by atoms with Crippen LogP contribution in [-0.4, -0.2) is 34.9 Å². The number of carbonyl (C=O) groups excluding carboxylic acids is 1. The van der Waals surface area contributed by atoms with Crippen molar-refractivity contribution in [2.24, 2.45) is 11.1 Å². The normalized spacial score (nSPS) is 22.8. The smallest absolute Gasteiger partial charge is 0.227 e. The van der Waals surface area contributed by atoms with Crippen molar-refractivity contribution in [2.45, 2.75) is 32.7 Å². The summed E-state index contributed by atoms with van der Waals surface area (Å²) in [7, 11) is 0. The average Bonchev–Trinajstić information content (AvgIpc) is 2.34. The number of hydrogen-bond donors (Lipinski definition) is 1. The van der Waals surface area contributed by atoms with Crippen LogP contribution in [0.2, 0.25) is 0 Å². The lowest BCUT2D eigenvalue weighted by Crippen LogP contribution is -2.54. The summed E-state index contributed by atoms with van der Waals surface area (Å²) in [5, 5.41) is 0. The zero-order chi connectivity index (χ0) is 13.2. The van der Waals surface area contributed by atoms with E-state index >= 15 is 0 Å². The van der Waals surface area contributed by atoms with Gasteiger partial charge in [-0.15, -0.1) is 0 Å². The van der Waals surface area contributed by atoms with Crippen molar-refractivity contribution in [3.8, 4) is 0 Å². The molecule has 1 fully saturated rings. The van der Waals surface area contributed by atoms with Gasteiger partial charge in [0.15, 0.2) is 0 Å². The van der Waals surface area contributed by atoms with Crippen LogP contribution >= 0.6 is 0 Å². The van der Waals surface area contributed by atoms with Crippen LogP contribution in [0.3, 0.4) is 0 Å². The molecule has 1 saturated heterocycles. The highest BCUT2D eigenvalue weighted by Crippen LogP contribution is 2.27. The summed E-state index contributed by atoms with van der Waals surface area (Å²) in [6, 6.07) is 3.96. The maximum atomic E-state index is 12.2. The van der Waals surface area contributed by atoms with Crippen LogP contribution in [0.25, 0.3) is 0 Å². The molecule has 1 atom stereocenters. The molecule has 1 aliphatic rings. The van der Waals surface area contributed by atoms with Gasteiger partial charge in [-0.3, -0.25) is 9.78 Å². The van der Waals surface area contributed by atoms with Gasteiger partial charge in [0.05, 0.1) is 6.42 Å². The summed E-state index contributed by atoms with van der Waals surface area (Å²) < 4.78 is 0. The number of nitrogens with two attached hydrogens (primary N) is 1. The average molecular weight is 247 g/mol. The van der Waals surface area contributed by atoms with Crippen LogP contribution < -0.4 is 5.73 Å². The fourth-order valence-electron chi connectivity index (χ4n) is 2.37. The molecule has 1 aromatic rings. The van der Waals surface area contributed by atoms with E-state index in [0.29, 0.717) is 6.42 Å². The molecule has 4 nitrogen and oxygen atoms in total. The third kappa shape index (κ3) is 2.88. The Morgan fingerprint density at radius 1 is 1.50 bits per heavy atom. The number of hydrogen-bond acceptors (Lipinski definition) is 3. The molecule has 0 bridgehead atoms. The van der Waals surface area contributed by atoms with Crippen LogP contribution in [0.15, 0.2) is 24.5 Å². The van der Waals surface area contributed by atoms with Gasteiger partial charge in [-0.2, -0.15) is 0 Å². The monoisotopic (exact) mass is 247 g/mol. The number of rotatable bonds is 2. The van der Waals surface area contributed by atoms with E-state index in [1.807, 2.05) is 17.0 Å². The van der Waals surface area contributed by atoms with E-state index in [-0.39, 0.29) is 17.4 Å². The minimum absolute atomic E-state index is 0.00610. The first-order valence-electron chi connectivity index (χ1n) is 6.41. The summed E-state index contributed by atoms with van der Waals surface area (Å²) in [4.78, 5) is 18.1. The number of nitrogens with zero attached hydrogens (tertiary/aromatic N) is 2. The molecular weight excluding hydrogens is 226 g/mol. The van der Waals surface area contributed by atoms with Gasteiger partial charge in [-0.05, 0) is 29.5 Å². The van der Waals surface area contributed by atoms with Crippen molar-refractivity contribution in [1.82, 2.24) is 9.88 Å². The van der Waals surface area contributed by atoms with Gasteiger partial charge in [0.1, 0.15) is 0 Å². The molecule has 0 aliphatic carbocycles. The molecule has 1 unspecified atom stereocenters. The molecule has 0 radical (unpaired) electrons. The van der Waals surface area contributed by atoms with E-state index in [1.54, 1.807) is 12.4 Å². The second kappa shape index (κ2) is 5.06. The third-order valence-corrected chi connectivity index (χ3v) is 3.77. The Balaban J connectivity index is 1.98. The minimum atomic E-state index is 0.00610. The van der Waals surface area contributed by atoms with Crippen LogP contribution in [-0.2, 0) is 11.2 Å².